The summed E-state index contributed by atoms with van der Waals surface area (Å²) in [4.78, 5) is 4.06. The number of rotatable bonds is 6. The van der Waals surface area contributed by atoms with Gasteiger partial charge >= 0.3 is 0 Å². The lowest BCUT2D eigenvalue weighted by molar-refractivity contribution is 0.184. The van der Waals surface area contributed by atoms with Crippen LogP contribution in [0.5, 0.6) is 0 Å². The van der Waals surface area contributed by atoms with E-state index in [0.29, 0.717) is 6.04 Å². The Hall–Kier alpha value is -0.870. The van der Waals surface area contributed by atoms with Gasteiger partial charge in [0, 0.05) is 39.5 Å². The fourth-order valence-corrected chi connectivity index (χ4v) is 1.23. The molecule has 0 aromatic carbocycles. The maximum atomic E-state index is 5.02. The van der Waals surface area contributed by atoms with E-state index in [-0.39, 0.29) is 0 Å². The zero-order valence-corrected chi connectivity index (χ0v) is 9.16. The summed E-state index contributed by atoms with van der Waals surface area (Å²) in [7, 11) is 3.73. The number of hydrogen-bond acceptors (Lipinski definition) is 3. The average molecular weight is 197 g/mol. The van der Waals surface area contributed by atoms with E-state index in [0.717, 1.165) is 19.6 Å². The third-order valence-corrected chi connectivity index (χ3v) is 2.30. The van der Waals surface area contributed by atoms with Gasteiger partial charge in [0.25, 0.3) is 0 Å². The number of methoxy groups -OCH3 is 1. The summed E-state index contributed by atoms with van der Waals surface area (Å²) in [6.45, 7) is 3.83. The third-order valence-electron chi connectivity index (χ3n) is 2.30. The summed E-state index contributed by atoms with van der Waals surface area (Å²) in [6, 6.07) is 0.477. The lowest BCUT2D eigenvalue weighted by atomic mass is 10.2. The van der Waals surface area contributed by atoms with Crippen LogP contribution in [0, 0.1) is 0 Å². The van der Waals surface area contributed by atoms with Crippen molar-refractivity contribution in [2.75, 3.05) is 13.7 Å². The van der Waals surface area contributed by atoms with Gasteiger partial charge in [0.05, 0.1) is 12.0 Å². The van der Waals surface area contributed by atoms with E-state index in [1.807, 2.05) is 24.1 Å². The molecule has 4 heteroatoms. The zero-order valence-electron chi connectivity index (χ0n) is 9.16. The Bertz CT molecular complexity index is 260. The van der Waals surface area contributed by atoms with Crippen LogP contribution in [-0.4, -0.2) is 29.3 Å². The molecule has 1 rings (SSSR count). The van der Waals surface area contributed by atoms with Gasteiger partial charge in [-0.05, 0) is 13.3 Å². The quantitative estimate of drug-likeness (QED) is 0.737. The normalized spacial score (nSPS) is 13.1. The molecule has 1 unspecified atom stereocenters. The molecule has 0 saturated heterocycles. The van der Waals surface area contributed by atoms with Crippen LogP contribution in [0.15, 0.2) is 12.5 Å². The molecule has 0 aliphatic rings. The Balaban J connectivity index is 2.23. The SMILES string of the molecule is COCCC(C)NCc1cncn1C. The topological polar surface area (TPSA) is 39.1 Å². The van der Waals surface area contributed by atoms with Crippen LogP contribution in [0.4, 0.5) is 0 Å². The second-order valence-corrected chi connectivity index (χ2v) is 3.56. The molecule has 0 bridgehead atoms. The molecule has 14 heavy (non-hydrogen) atoms. The highest BCUT2D eigenvalue weighted by molar-refractivity contribution is 4.96. The van der Waals surface area contributed by atoms with Crippen molar-refractivity contribution in [3.05, 3.63) is 18.2 Å². The van der Waals surface area contributed by atoms with Gasteiger partial charge < -0.3 is 14.6 Å². The standard InChI is InChI=1S/C10H19N3O/c1-9(4-5-14-3)12-7-10-6-11-8-13(10)2/h6,8-9,12H,4-5,7H2,1-3H3. The van der Waals surface area contributed by atoms with E-state index >= 15 is 0 Å². The summed E-state index contributed by atoms with van der Waals surface area (Å²) < 4.78 is 7.04. The van der Waals surface area contributed by atoms with Gasteiger partial charge in [-0.25, -0.2) is 4.98 Å². The molecule has 1 aromatic rings. The lowest BCUT2D eigenvalue weighted by Gasteiger charge is -2.13. The number of aromatic nitrogens is 2. The molecule has 4 nitrogen and oxygen atoms in total. The molecule has 1 N–H and O–H groups in total. The number of nitrogens with zero attached hydrogens (tertiary/aromatic N) is 2. The average Bonchev–Trinajstić information content (AvgIpc) is 2.58. The fourth-order valence-electron chi connectivity index (χ4n) is 1.23. The minimum atomic E-state index is 0.477. The second-order valence-electron chi connectivity index (χ2n) is 3.56. The van der Waals surface area contributed by atoms with Gasteiger partial charge in [0.2, 0.25) is 0 Å². The van der Waals surface area contributed by atoms with Crippen molar-refractivity contribution in [3.63, 3.8) is 0 Å². The molecule has 0 fully saturated rings. The molecular weight excluding hydrogens is 178 g/mol. The van der Waals surface area contributed by atoms with E-state index in [1.54, 1.807) is 7.11 Å². The van der Waals surface area contributed by atoms with E-state index in [1.165, 1.54) is 5.69 Å². The number of aryl methyl sites for hydroxylation is 1. The maximum absolute atomic E-state index is 5.02. The van der Waals surface area contributed by atoms with Gasteiger partial charge in [0.15, 0.2) is 0 Å². The Morgan fingerprint density at radius 2 is 2.43 bits per heavy atom. The molecule has 0 aliphatic carbocycles. The molecule has 0 aliphatic heterocycles. The van der Waals surface area contributed by atoms with Gasteiger partial charge in [-0.2, -0.15) is 0 Å². The largest absolute Gasteiger partial charge is 0.385 e. The molecule has 0 saturated carbocycles. The van der Waals surface area contributed by atoms with Crippen molar-refractivity contribution in [2.24, 2.45) is 7.05 Å². The van der Waals surface area contributed by atoms with Crippen molar-refractivity contribution in [1.29, 1.82) is 0 Å². The van der Waals surface area contributed by atoms with Gasteiger partial charge in [-0.1, -0.05) is 0 Å². The summed E-state index contributed by atoms with van der Waals surface area (Å²) in [5, 5.41) is 3.42. The minimum absolute atomic E-state index is 0.477. The zero-order chi connectivity index (χ0) is 10.4. The first-order valence-electron chi connectivity index (χ1n) is 4.91. The van der Waals surface area contributed by atoms with Crippen LogP contribution in [0.3, 0.4) is 0 Å². The highest BCUT2D eigenvalue weighted by atomic mass is 16.5. The van der Waals surface area contributed by atoms with Crippen LogP contribution in [0.1, 0.15) is 19.0 Å². The van der Waals surface area contributed by atoms with Gasteiger partial charge in [-0.3, -0.25) is 0 Å². The van der Waals surface area contributed by atoms with Crippen molar-refractivity contribution in [1.82, 2.24) is 14.9 Å². The second kappa shape index (κ2) is 5.78. The Morgan fingerprint density at radius 1 is 1.64 bits per heavy atom. The summed E-state index contributed by atoms with van der Waals surface area (Å²) >= 11 is 0. The molecular formula is C10H19N3O. The van der Waals surface area contributed by atoms with Crippen molar-refractivity contribution < 1.29 is 4.74 Å². The van der Waals surface area contributed by atoms with Crippen molar-refractivity contribution in [2.45, 2.75) is 25.9 Å². The first-order valence-corrected chi connectivity index (χ1v) is 4.91. The Labute approximate surface area is 85.3 Å². The lowest BCUT2D eigenvalue weighted by Crippen LogP contribution is -2.27. The first-order chi connectivity index (χ1) is 6.74. The molecule has 1 atom stereocenters. The van der Waals surface area contributed by atoms with Crippen LogP contribution in [0.25, 0.3) is 0 Å². The summed E-state index contributed by atoms with van der Waals surface area (Å²) in [6.07, 6.45) is 4.74. The van der Waals surface area contributed by atoms with Crippen molar-refractivity contribution >= 4 is 0 Å². The van der Waals surface area contributed by atoms with Gasteiger partial charge in [-0.15, -0.1) is 0 Å². The van der Waals surface area contributed by atoms with Crippen LogP contribution in [0.2, 0.25) is 0 Å². The highest BCUT2D eigenvalue weighted by Crippen LogP contribution is 1.98. The van der Waals surface area contributed by atoms with E-state index in [2.05, 4.69) is 17.2 Å². The van der Waals surface area contributed by atoms with E-state index in [4.69, 9.17) is 4.74 Å². The molecule has 1 aromatic heterocycles. The number of hydrogen-bond donors (Lipinski definition) is 1. The minimum Gasteiger partial charge on any atom is -0.385 e. The highest BCUT2D eigenvalue weighted by Gasteiger charge is 2.02. The predicted octanol–water partition coefficient (Wildman–Crippen LogP) is 0.935. The maximum Gasteiger partial charge on any atom is 0.0945 e. The molecule has 0 spiro atoms. The third kappa shape index (κ3) is 3.47. The number of ether oxygens (including phenoxy) is 1. The molecule has 0 radical (unpaired) electrons. The van der Waals surface area contributed by atoms with Crippen LogP contribution >= 0.6 is 0 Å². The van der Waals surface area contributed by atoms with Gasteiger partial charge in [0.1, 0.15) is 0 Å². The van der Waals surface area contributed by atoms with E-state index in [9.17, 15) is 0 Å². The Morgan fingerprint density at radius 3 is 3.00 bits per heavy atom. The van der Waals surface area contributed by atoms with Crippen LogP contribution < -0.4 is 5.32 Å². The summed E-state index contributed by atoms with van der Waals surface area (Å²) in [5.41, 5.74) is 1.20. The predicted molar refractivity (Wildman–Crippen MR) is 56.0 cm³/mol. The molecule has 1 heterocycles. The molecule has 0 amide bonds. The fraction of sp³-hybridized carbons (Fsp3) is 0.700. The van der Waals surface area contributed by atoms with Crippen LogP contribution in [-0.2, 0) is 18.3 Å². The van der Waals surface area contributed by atoms with Crippen molar-refractivity contribution in [3.8, 4) is 0 Å². The first kappa shape index (κ1) is 11.2. The summed E-state index contributed by atoms with van der Waals surface area (Å²) in [5.74, 6) is 0. The smallest absolute Gasteiger partial charge is 0.0945 e. The number of imidazole rings is 1. The monoisotopic (exact) mass is 197 g/mol. The molecule has 80 valence electrons. The number of nitrogens with one attached hydrogen (secondary N) is 1. The Kier molecular flexibility index (Phi) is 4.62. The van der Waals surface area contributed by atoms with E-state index < -0.39 is 0 Å².